The maximum atomic E-state index is 6.06. The van der Waals surface area contributed by atoms with Crippen molar-refractivity contribution in [2.45, 2.75) is 52.2 Å². The summed E-state index contributed by atoms with van der Waals surface area (Å²) in [6, 6.07) is 13.1. The molecule has 0 aromatic heterocycles. The zero-order valence-electron chi connectivity index (χ0n) is 14.6. The summed E-state index contributed by atoms with van der Waals surface area (Å²) >= 11 is 0. The van der Waals surface area contributed by atoms with Crippen LogP contribution in [0.5, 0.6) is 11.5 Å². The highest BCUT2D eigenvalue weighted by Gasteiger charge is 2.13. The maximum Gasteiger partial charge on any atom is 0.241 e. The molecule has 0 heterocycles. The van der Waals surface area contributed by atoms with Gasteiger partial charge in [0.15, 0.2) is 0 Å². The average Bonchev–Trinajstić information content (AvgIpc) is 2.55. The molecule has 0 aliphatic rings. The summed E-state index contributed by atoms with van der Waals surface area (Å²) in [6.45, 7) is 4.17. The minimum atomic E-state index is -0.341. The Hall–Kier alpha value is -2.36. The molecule has 130 valence electrons. The van der Waals surface area contributed by atoms with Crippen LogP contribution in [0.3, 0.4) is 0 Å². The molecule has 2 aromatic carbocycles. The number of aryl methyl sites for hydroxylation is 1. The van der Waals surface area contributed by atoms with E-state index in [1.54, 1.807) is 0 Å². The van der Waals surface area contributed by atoms with Crippen molar-refractivity contribution < 1.29 is 9.47 Å². The van der Waals surface area contributed by atoms with Crippen molar-refractivity contribution in [3.63, 3.8) is 0 Å². The summed E-state index contributed by atoms with van der Waals surface area (Å²) in [7, 11) is 0. The summed E-state index contributed by atoms with van der Waals surface area (Å²) in [5, 5.41) is 0. The van der Waals surface area contributed by atoms with Gasteiger partial charge in [0.1, 0.15) is 11.5 Å². The smallest absolute Gasteiger partial charge is 0.241 e. The zero-order valence-corrected chi connectivity index (χ0v) is 14.6. The molecule has 24 heavy (non-hydrogen) atoms. The fourth-order valence-corrected chi connectivity index (χ4v) is 2.49. The fourth-order valence-electron chi connectivity index (χ4n) is 2.49. The zero-order chi connectivity index (χ0) is 17.4. The van der Waals surface area contributed by atoms with Crippen LogP contribution < -0.4 is 20.9 Å². The van der Waals surface area contributed by atoms with Gasteiger partial charge in [0, 0.05) is 23.9 Å². The van der Waals surface area contributed by atoms with Crippen LogP contribution in [0.25, 0.3) is 0 Å². The van der Waals surface area contributed by atoms with Crippen LogP contribution in [0.2, 0.25) is 0 Å². The van der Waals surface area contributed by atoms with Crippen LogP contribution in [-0.2, 0) is 0 Å². The van der Waals surface area contributed by atoms with Gasteiger partial charge in [-0.25, -0.2) is 0 Å². The molecule has 0 radical (unpaired) electrons. The van der Waals surface area contributed by atoms with Crippen LogP contribution in [0.1, 0.15) is 44.6 Å². The SMILES string of the molecule is CCCCCCC(Oc1cccc(N)c1)Oc1ccc(N)c(C)c1. The summed E-state index contributed by atoms with van der Waals surface area (Å²) in [5.74, 6) is 1.49. The Bertz CT molecular complexity index is 643. The van der Waals surface area contributed by atoms with Crippen LogP contribution >= 0.6 is 0 Å². The Morgan fingerprint density at radius 3 is 2.33 bits per heavy atom. The lowest BCUT2D eigenvalue weighted by atomic mass is 10.1. The normalized spacial score (nSPS) is 11.9. The van der Waals surface area contributed by atoms with Crippen molar-refractivity contribution in [3.05, 3.63) is 48.0 Å². The van der Waals surface area contributed by atoms with E-state index in [2.05, 4.69) is 6.92 Å². The van der Waals surface area contributed by atoms with Gasteiger partial charge in [-0.05, 0) is 49.2 Å². The second-order valence-electron chi connectivity index (χ2n) is 6.11. The third kappa shape index (κ3) is 5.69. The predicted octanol–water partition coefficient (Wildman–Crippen LogP) is 4.91. The highest BCUT2D eigenvalue weighted by Crippen LogP contribution is 2.24. The average molecular weight is 328 g/mol. The number of hydrogen-bond acceptors (Lipinski definition) is 4. The molecule has 0 bridgehead atoms. The topological polar surface area (TPSA) is 70.5 Å². The molecular formula is C20H28N2O2. The summed E-state index contributed by atoms with van der Waals surface area (Å²) in [4.78, 5) is 0. The van der Waals surface area contributed by atoms with E-state index >= 15 is 0 Å². The number of unbranched alkanes of at least 4 members (excludes halogenated alkanes) is 3. The first-order valence-corrected chi connectivity index (χ1v) is 8.63. The largest absolute Gasteiger partial charge is 0.455 e. The Kier molecular flexibility index (Phi) is 6.79. The lowest BCUT2D eigenvalue weighted by molar-refractivity contribution is -0.00240. The highest BCUT2D eigenvalue weighted by atomic mass is 16.7. The first kappa shape index (κ1) is 18.0. The number of rotatable bonds is 9. The van der Waals surface area contributed by atoms with Gasteiger partial charge in [-0.2, -0.15) is 0 Å². The minimum Gasteiger partial charge on any atom is -0.455 e. The van der Waals surface area contributed by atoms with Crippen molar-refractivity contribution in [3.8, 4) is 11.5 Å². The Labute approximate surface area is 144 Å². The molecule has 0 aliphatic carbocycles. The molecule has 0 aliphatic heterocycles. The van der Waals surface area contributed by atoms with Gasteiger partial charge >= 0.3 is 0 Å². The molecule has 0 fully saturated rings. The van der Waals surface area contributed by atoms with Gasteiger partial charge < -0.3 is 20.9 Å². The highest BCUT2D eigenvalue weighted by molar-refractivity contribution is 5.49. The second-order valence-corrected chi connectivity index (χ2v) is 6.11. The molecule has 0 saturated heterocycles. The lowest BCUT2D eigenvalue weighted by Gasteiger charge is -2.21. The first-order chi connectivity index (χ1) is 11.6. The van der Waals surface area contributed by atoms with E-state index in [0.29, 0.717) is 5.69 Å². The minimum absolute atomic E-state index is 0.341. The standard InChI is InChI=1S/C20H28N2O2/c1-3-4-5-6-10-20(23-17-9-7-8-16(21)14-17)24-18-11-12-19(22)15(2)13-18/h7-9,11-14,20H,3-6,10,21-22H2,1-2H3. The molecular weight excluding hydrogens is 300 g/mol. The van der Waals surface area contributed by atoms with Crippen molar-refractivity contribution in [2.75, 3.05) is 11.5 Å². The van der Waals surface area contributed by atoms with Crippen molar-refractivity contribution in [1.82, 2.24) is 0 Å². The van der Waals surface area contributed by atoms with Gasteiger partial charge in [-0.1, -0.05) is 32.3 Å². The number of nitrogen functional groups attached to an aromatic ring is 2. The van der Waals surface area contributed by atoms with Gasteiger partial charge in [0.2, 0.25) is 6.29 Å². The molecule has 0 amide bonds. The van der Waals surface area contributed by atoms with Gasteiger partial charge in [0.05, 0.1) is 0 Å². The number of benzene rings is 2. The first-order valence-electron chi connectivity index (χ1n) is 8.63. The van der Waals surface area contributed by atoms with Crippen molar-refractivity contribution in [2.24, 2.45) is 0 Å². The number of anilines is 2. The van der Waals surface area contributed by atoms with E-state index in [4.69, 9.17) is 20.9 Å². The molecule has 1 unspecified atom stereocenters. The van der Waals surface area contributed by atoms with E-state index < -0.39 is 0 Å². The Morgan fingerprint density at radius 1 is 0.917 bits per heavy atom. The molecule has 4 heteroatoms. The molecule has 0 spiro atoms. The number of hydrogen-bond donors (Lipinski definition) is 2. The van der Waals surface area contributed by atoms with Crippen LogP contribution in [0.4, 0.5) is 11.4 Å². The van der Waals surface area contributed by atoms with E-state index in [-0.39, 0.29) is 6.29 Å². The molecule has 0 saturated carbocycles. The van der Waals surface area contributed by atoms with Crippen LogP contribution in [0, 0.1) is 6.92 Å². The quantitative estimate of drug-likeness (QED) is 0.389. The maximum absolute atomic E-state index is 6.06. The van der Waals surface area contributed by atoms with E-state index in [9.17, 15) is 0 Å². The van der Waals surface area contributed by atoms with Gasteiger partial charge in [0.25, 0.3) is 0 Å². The third-order valence-corrected chi connectivity index (χ3v) is 3.93. The molecule has 1 atom stereocenters. The third-order valence-electron chi connectivity index (χ3n) is 3.93. The Balaban J connectivity index is 2.04. The lowest BCUT2D eigenvalue weighted by Crippen LogP contribution is -2.24. The monoisotopic (exact) mass is 328 g/mol. The fraction of sp³-hybridized carbons (Fsp3) is 0.400. The van der Waals surface area contributed by atoms with Crippen molar-refractivity contribution in [1.29, 1.82) is 0 Å². The van der Waals surface area contributed by atoms with E-state index in [1.807, 2.05) is 49.4 Å². The Morgan fingerprint density at radius 2 is 1.67 bits per heavy atom. The van der Waals surface area contributed by atoms with Crippen LogP contribution in [-0.4, -0.2) is 6.29 Å². The summed E-state index contributed by atoms with van der Waals surface area (Å²) in [5.41, 5.74) is 14.1. The predicted molar refractivity (Wildman–Crippen MR) is 100 cm³/mol. The summed E-state index contributed by atoms with van der Waals surface area (Å²) < 4.78 is 12.1. The molecule has 4 N–H and O–H groups in total. The number of nitrogens with two attached hydrogens (primary N) is 2. The second kappa shape index (κ2) is 9.06. The molecule has 2 rings (SSSR count). The molecule has 4 nitrogen and oxygen atoms in total. The summed E-state index contributed by atoms with van der Waals surface area (Å²) in [6.07, 6.45) is 5.17. The van der Waals surface area contributed by atoms with E-state index in [1.165, 1.54) is 19.3 Å². The molecule has 2 aromatic rings. The van der Waals surface area contributed by atoms with Gasteiger partial charge in [-0.3, -0.25) is 0 Å². The van der Waals surface area contributed by atoms with Crippen LogP contribution in [0.15, 0.2) is 42.5 Å². The number of ether oxygens (including phenoxy) is 2. The van der Waals surface area contributed by atoms with E-state index in [0.717, 1.165) is 35.6 Å². The van der Waals surface area contributed by atoms with Gasteiger partial charge in [-0.15, -0.1) is 0 Å². The van der Waals surface area contributed by atoms with Crippen molar-refractivity contribution >= 4 is 11.4 Å².